The van der Waals surface area contributed by atoms with E-state index in [0.717, 1.165) is 22.3 Å². The molecule has 2 unspecified atom stereocenters. The monoisotopic (exact) mass is 900 g/mol. The molecule has 0 spiro atoms. The molecule has 4 aliphatic heterocycles. The molecular weight excluding hydrogens is 853 g/mol. The second-order valence-electron chi connectivity index (χ2n) is 13.8. The first kappa shape index (κ1) is 38.3. The van der Waals surface area contributed by atoms with Crippen LogP contribution in [0.1, 0.15) is 97.5 Å². The van der Waals surface area contributed by atoms with Crippen molar-refractivity contribution >= 4 is 17.8 Å². The van der Waals surface area contributed by atoms with Gasteiger partial charge in [0, 0.05) is 97.8 Å². The van der Waals surface area contributed by atoms with Gasteiger partial charge in [0.05, 0.1) is 18.2 Å². The molecule has 13 heteroatoms. The predicted octanol–water partition coefficient (Wildman–Crippen LogP) is 3.94. The normalized spacial score (nSPS) is 23.7. The number of fused-ring (bicyclic) bond motifs is 9. The summed E-state index contributed by atoms with van der Waals surface area (Å²) in [6.45, 7) is 11.3. The number of carbonyl (C=O) groups excluding carboxylic acids is 3. The fourth-order valence-corrected chi connectivity index (χ4v) is 8.34. The van der Waals surface area contributed by atoms with Crippen molar-refractivity contribution in [3.05, 3.63) is 45.0 Å². The molecule has 1 radical (unpaired) electrons. The molecule has 0 aromatic heterocycles. The van der Waals surface area contributed by atoms with E-state index in [-0.39, 0.29) is 99.1 Å². The number of nitriles is 1. The van der Waals surface area contributed by atoms with Crippen LogP contribution < -0.4 is 24.8 Å². The molecule has 2 amide bonds. The summed E-state index contributed by atoms with van der Waals surface area (Å²) in [5.41, 5.74) is 5.82. The summed E-state index contributed by atoms with van der Waals surface area (Å²) < 4.78 is 18.0. The number of esters is 1. The van der Waals surface area contributed by atoms with Gasteiger partial charge in [-0.15, -0.1) is 0 Å². The van der Waals surface area contributed by atoms with Crippen LogP contribution in [0.5, 0.6) is 23.0 Å². The van der Waals surface area contributed by atoms with Crippen LogP contribution in [0.25, 0.3) is 0 Å². The van der Waals surface area contributed by atoms with E-state index < -0.39 is 18.1 Å². The fraction of sp³-hybridized carbons (Fsp3) is 0.568. The van der Waals surface area contributed by atoms with Gasteiger partial charge in [0.2, 0.25) is 18.6 Å². The Kier molecular flexibility index (Phi) is 11.8. The molecule has 4 heterocycles. The number of aromatic hydroxyl groups is 1. The van der Waals surface area contributed by atoms with Crippen molar-refractivity contribution in [1.29, 1.82) is 5.26 Å². The smallest absolute Gasteiger partial charge is 0.311 e. The molecule has 2 bridgehead atoms. The second-order valence-corrected chi connectivity index (χ2v) is 13.8. The van der Waals surface area contributed by atoms with Crippen molar-refractivity contribution in [3.8, 4) is 29.1 Å². The van der Waals surface area contributed by atoms with Crippen molar-refractivity contribution in [3.63, 3.8) is 0 Å². The maximum Gasteiger partial charge on any atom is 0.311 e. The number of carbonyl (C=O) groups is 3. The van der Waals surface area contributed by atoms with Gasteiger partial charge in [0.15, 0.2) is 11.5 Å². The van der Waals surface area contributed by atoms with Crippen LogP contribution >= 0.6 is 0 Å². The molecule has 4 aliphatic rings. The molecular formula is C37H47AcN5O7. The standard InChI is InChI=1S/C37H47N5O7.Ac/c1-8-10-28(43)40-21(6)37(46)39-16-27-31-23(33(45)20(5)35-36(31)48-17-47-35)14-25-32-30-22(13-24(41(32)7)26(15-38)42(25)27)12-18(3)19(4)34(30)49-29(44)11-9-2;/h12,21,24-27,32,45H,8-11,13-14,16-17H2,1-7H3,(H,39,46)(H,40,43);/t21?,24-,25?,26-,27-,32-;/m0./s1. The largest absolute Gasteiger partial charge is 0.507 e. The zero-order chi connectivity index (χ0) is 35.3. The predicted molar refractivity (Wildman–Crippen MR) is 180 cm³/mol. The summed E-state index contributed by atoms with van der Waals surface area (Å²) in [6.07, 6.45) is 2.89. The van der Waals surface area contributed by atoms with E-state index in [1.807, 2.05) is 34.7 Å². The minimum atomic E-state index is -0.772. The van der Waals surface area contributed by atoms with Crippen LogP contribution in [0.4, 0.5) is 0 Å². The summed E-state index contributed by atoms with van der Waals surface area (Å²) in [7, 11) is 2.02. The first-order valence-corrected chi connectivity index (χ1v) is 17.4. The number of hydrogen-bond donors (Lipinski definition) is 3. The minimum absolute atomic E-state index is 0. The van der Waals surface area contributed by atoms with E-state index in [4.69, 9.17) is 14.2 Å². The van der Waals surface area contributed by atoms with Crippen LogP contribution in [0.2, 0.25) is 0 Å². The van der Waals surface area contributed by atoms with Crippen molar-refractivity contribution in [1.82, 2.24) is 20.4 Å². The van der Waals surface area contributed by atoms with Gasteiger partial charge in [0.25, 0.3) is 0 Å². The topological polar surface area (TPSA) is 153 Å². The van der Waals surface area contributed by atoms with Gasteiger partial charge in [-0.3, -0.25) is 24.2 Å². The molecule has 6 atom stereocenters. The van der Waals surface area contributed by atoms with Gasteiger partial charge in [-0.05, 0) is 77.1 Å². The third kappa shape index (κ3) is 6.51. The molecule has 2 aromatic carbocycles. The first-order valence-electron chi connectivity index (χ1n) is 17.4. The number of amides is 2. The first-order chi connectivity index (χ1) is 23.4. The fourth-order valence-electron chi connectivity index (χ4n) is 8.34. The van der Waals surface area contributed by atoms with Gasteiger partial charge < -0.3 is 30.0 Å². The Bertz CT molecular complexity index is 1740. The molecule has 0 aliphatic carbocycles. The van der Waals surface area contributed by atoms with E-state index in [0.29, 0.717) is 72.5 Å². The van der Waals surface area contributed by atoms with Crippen molar-refractivity contribution in [2.24, 2.45) is 0 Å². The minimum Gasteiger partial charge on any atom is -0.507 e. The summed E-state index contributed by atoms with van der Waals surface area (Å²) >= 11 is 0. The van der Waals surface area contributed by atoms with Gasteiger partial charge >= 0.3 is 5.97 Å². The van der Waals surface area contributed by atoms with E-state index in [2.05, 4.69) is 32.6 Å². The average Bonchev–Trinajstić information content (AvgIpc) is 3.55. The van der Waals surface area contributed by atoms with Gasteiger partial charge in [0.1, 0.15) is 23.6 Å². The molecule has 1 saturated heterocycles. The number of piperazine rings is 1. The zero-order valence-corrected chi connectivity index (χ0v) is 34.8. The molecule has 0 saturated carbocycles. The maximum absolute atomic E-state index is 13.4. The zero-order valence-electron chi connectivity index (χ0n) is 30.0. The molecule has 265 valence electrons. The number of likely N-dealkylation sites (N-methyl/N-ethyl adjacent to an activating group) is 1. The van der Waals surface area contributed by atoms with Crippen molar-refractivity contribution in [2.75, 3.05) is 20.4 Å². The third-order valence-electron chi connectivity index (χ3n) is 10.8. The number of benzene rings is 2. The Morgan fingerprint density at radius 2 is 1.76 bits per heavy atom. The Morgan fingerprint density at radius 1 is 1.06 bits per heavy atom. The molecule has 12 nitrogen and oxygen atoms in total. The number of ether oxygens (including phenoxy) is 3. The Hall–Kier alpha value is -2.90. The van der Waals surface area contributed by atoms with Crippen molar-refractivity contribution in [2.45, 2.75) is 116 Å². The van der Waals surface area contributed by atoms with E-state index in [9.17, 15) is 24.8 Å². The Balaban J connectivity index is 0.00000486. The van der Waals surface area contributed by atoms with Crippen LogP contribution in [-0.2, 0) is 27.2 Å². The van der Waals surface area contributed by atoms with E-state index >= 15 is 0 Å². The number of nitrogens with zero attached hydrogens (tertiary/aromatic N) is 3. The number of nitrogens with one attached hydrogen (secondary N) is 2. The van der Waals surface area contributed by atoms with Gasteiger partial charge in [-0.25, -0.2) is 0 Å². The molecule has 3 N–H and O–H groups in total. The molecule has 1 fully saturated rings. The summed E-state index contributed by atoms with van der Waals surface area (Å²) in [6, 6.07) is 1.96. The second kappa shape index (κ2) is 15.4. The van der Waals surface area contributed by atoms with Crippen molar-refractivity contribution < 1.29 is 77.8 Å². The SMILES string of the molecule is CCCC(=O)NC(C)C(=O)NC[C@H]1c2c(c(O)c(C)c3c2OCO3)CC2[C@H]3c4c(cc(C)c(C)c4OC(=O)CCC)C[C@@H]([C@H](C#N)N21)N3C.[Ac]. The molecule has 6 rings (SSSR count). The number of aryl methyl sites for hydroxylation is 1. The summed E-state index contributed by atoms with van der Waals surface area (Å²) in [4.78, 5) is 43.1. The van der Waals surface area contributed by atoms with Gasteiger partial charge in [-0.1, -0.05) is 19.9 Å². The average molecular weight is 901 g/mol. The number of phenolic OH excluding ortho intramolecular Hbond substituents is 1. The van der Waals surface area contributed by atoms with Gasteiger partial charge in [-0.2, -0.15) is 5.26 Å². The Labute approximate surface area is 329 Å². The van der Waals surface area contributed by atoms with Crippen LogP contribution in [0.15, 0.2) is 6.07 Å². The number of hydrogen-bond acceptors (Lipinski definition) is 10. The van der Waals surface area contributed by atoms with Crippen LogP contribution in [0.3, 0.4) is 0 Å². The molecule has 2 aromatic rings. The molecule has 50 heavy (non-hydrogen) atoms. The summed E-state index contributed by atoms with van der Waals surface area (Å²) in [5.74, 6) is 0.777. The van der Waals surface area contributed by atoms with Crippen LogP contribution in [-0.4, -0.2) is 77.2 Å². The third-order valence-corrected chi connectivity index (χ3v) is 10.8. The summed E-state index contributed by atoms with van der Waals surface area (Å²) in [5, 5.41) is 28.4. The Morgan fingerprint density at radius 3 is 2.44 bits per heavy atom. The maximum atomic E-state index is 13.4. The quantitative estimate of drug-likeness (QED) is 0.249. The number of phenols is 1. The van der Waals surface area contributed by atoms with E-state index in [1.54, 1.807) is 13.8 Å². The van der Waals surface area contributed by atoms with Crippen LogP contribution in [0, 0.1) is 76.2 Å². The van der Waals surface area contributed by atoms with E-state index in [1.165, 1.54) is 0 Å². The number of rotatable bonds is 9.